The van der Waals surface area contributed by atoms with Crippen molar-refractivity contribution in [3.8, 4) is 21.6 Å². The zero-order chi connectivity index (χ0) is 13.2. The largest absolute Gasteiger partial charge is 0.276 e. The van der Waals surface area contributed by atoms with Crippen molar-refractivity contribution in [3.63, 3.8) is 0 Å². The van der Waals surface area contributed by atoms with Gasteiger partial charge in [-0.2, -0.15) is 0 Å². The Morgan fingerprint density at radius 2 is 1.47 bits per heavy atom. The van der Waals surface area contributed by atoms with Crippen molar-refractivity contribution in [2.24, 2.45) is 0 Å². The maximum absolute atomic E-state index is 12.1. The Morgan fingerprint density at radius 1 is 0.789 bits per heavy atom. The summed E-state index contributed by atoms with van der Waals surface area (Å²) in [5.74, 6) is 0. The lowest BCUT2D eigenvalue weighted by Gasteiger charge is -2.03. The summed E-state index contributed by atoms with van der Waals surface area (Å²) >= 11 is 0. The van der Waals surface area contributed by atoms with Crippen LogP contribution in [0.15, 0.2) is 59.4 Å². The van der Waals surface area contributed by atoms with Crippen molar-refractivity contribution < 1.29 is 0 Å². The second kappa shape index (κ2) is 5.11. The minimum absolute atomic E-state index is 0.146. The van der Waals surface area contributed by atoms with Crippen LogP contribution >= 0.6 is 20.7 Å². The molecule has 0 unspecified atom stereocenters. The molecule has 0 aliphatic rings. The van der Waals surface area contributed by atoms with E-state index in [2.05, 4.69) is 19.1 Å². The molecule has 0 N–H and O–H groups in total. The minimum Gasteiger partial charge on any atom is -0.276 e. The monoisotopic (exact) mass is 284 g/mol. The van der Waals surface area contributed by atoms with E-state index < -0.39 is 0 Å². The molecule has 1 heterocycles. The van der Waals surface area contributed by atoms with Crippen molar-refractivity contribution in [2.75, 3.05) is 0 Å². The summed E-state index contributed by atoms with van der Waals surface area (Å²) in [5.41, 5.74) is 4.16. The normalized spacial score (nSPS) is 10.6. The zero-order valence-corrected chi connectivity index (χ0v) is 12.1. The topological polar surface area (TPSA) is 17.1 Å². The quantitative estimate of drug-likeness (QED) is 0.617. The van der Waals surface area contributed by atoms with E-state index in [9.17, 15) is 4.79 Å². The fourth-order valence-electron chi connectivity index (χ4n) is 2.01. The van der Waals surface area contributed by atoms with Crippen LogP contribution in [0.5, 0.6) is 0 Å². The molecule has 0 fully saturated rings. The number of hydrogen-bond acceptors (Lipinski definition) is 3. The number of rotatable bonds is 2. The Kier molecular flexibility index (Phi) is 3.32. The molecule has 0 spiro atoms. The molecule has 94 valence electrons. The summed E-state index contributed by atoms with van der Waals surface area (Å²) in [5, 5.41) is 0. The van der Waals surface area contributed by atoms with Crippen molar-refractivity contribution in [2.45, 2.75) is 6.92 Å². The maximum atomic E-state index is 12.1. The van der Waals surface area contributed by atoms with Crippen LogP contribution in [0.25, 0.3) is 21.6 Å². The standard InChI is InChI=1S/C16H12OS2/c1-11-7-9-12(10-8-11)14-15(18-19-16(14)17)13-5-3-2-4-6-13/h2-10H,1H3. The van der Waals surface area contributed by atoms with Crippen LogP contribution in [0, 0.1) is 6.92 Å². The molecule has 3 aromatic rings. The summed E-state index contributed by atoms with van der Waals surface area (Å²) in [4.78, 5) is 13.2. The van der Waals surface area contributed by atoms with Gasteiger partial charge in [-0.05, 0) is 28.4 Å². The summed E-state index contributed by atoms with van der Waals surface area (Å²) in [6.45, 7) is 2.05. The van der Waals surface area contributed by atoms with Gasteiger partial charge < -0.3 is 0 Å². The van der Waals surface area contributed by atoms with E-state index in [1.807, 2.05) is 42.5 Å². The average Bonchev–Trinajstić information content (AvgIpc) is 2.83. The maximum Gasteiger partial charge on any atom is 0.251 e. The molecule has 0 saturated carbocycles. The first-order valence-corrected chi connectivity index (χ1v) is 8.16. The minimum atomic E-state index is 0.146. The fourth-order valence-corrected chi connectivity index (χ4v) is 4.33. The Labute approximate surface area is 119 Å². The van der Waals surface area contributed by atoms with Crippen LogP contribution < -0.4 is 4.74 Å². The van der Waals surface area contributed by atoms with Crippen LogP contribution in [-0.2, 0) is 0 Å². The highest BCUT2D eigenvalue weighted by molar-refractivity contribution is 7.70. The molecule has 0 bridgehead atoms. The summed E-state index contributed by atoms with van der Waals surface area (Å²) < 4.78 is 0.146. The number of aryl methyl sites for hydroxylation is 1. The Hall–Kier alpha value is -1.71. The lowest BCUT2D eigenvalue weighted by molar-refractivity contribution is 1.47. The van der Waals surface area contributed by atoms with Gasteiger partial charge in [0.15, 0.2) is 0 Å². The molecular weight excluding hydrogens is 272 g/mol. The van der Waals surface area contributed by atoms with Gasteiger partial charge in [-0.1, -0.05) is 70.5 Å². The lowest BCUT2D eigenvalue weighted by Crippen LogP contribution is -1.95. The van der Waals surface area contributed by atoms with Crippen LogP contribution in [0.1, 0.15) is 5.56 Å². The molecule has 2 aromatic carbocycles. The van der Waals surface area contributed by atoms with Gasteiger partial charge in [0, 0.05) is 0 Å². The molecule has 0 saturated heterocycles. The van der Waals surface area contributed by atoms with Gasteiger partial charge in [-0.15, -0.1) is 0 Å². The number of hydrogen-bond donors (Lipinski definition) is 0. The van der Waals surface area contributed by atoms with Crippen LogP contribution in [0.2, 0.25) is 0 Å². The Balaban J connectivity index is 2.19. The van der Waals surface area contributed by atoms with E-state index in [0.29, 0.717) is 0 Å². The first-order valence-electron chi connectivity index (χ1n) is 6.01. The third kappa shape index (κ3) is 2.39. The van der Waals surface area contributed by atoms with Crippen LogP contribution in [0.4, 0.5) is 0 Å². The highest BCUT2D eigenvalue weighted by Crippen LogP contribution is 2.35. The van der Waals surface area contributed by atoms with E-state index in [-0.39, 0.29) is 4.74 Å². The van der Waals surface area contributed by atoms with Gasteiger partial charge in [-0.3, -0.25) is 4.79 Å². The highest BCUT2D eigenvalue weighted by Gasteiger charge is 2.14. The van der Waals surface area contributed by atoms with Crippen molar-refractivity contribution in [1.29, 1.82) is 0 Å². The first kappa shape index (κ1) is 12.3. The zero-order valence-electron chi connectivity index (χ0n) is 10.4. The summed E-state index contributed by atoms with van der Waals surface area (Å²) in [6, 6.07) is 18.2. The van der Waals surface area contributed by atoms with E-state index in [4.69, 9.17) is 0 Å². The molecule has 19 heavy (non-hydrogen) atoms. The van der Waals surface area contributed by atoms with E-state index >= 15 is 0 Å². The second-order valence-electron chi connectivity index (χ2n) is 4.39. The van der Waals surface area contributed by atoms with Gasteiger partial charge in [0.25, 0.3) is 4.74 Å². The van der Waals surface area contributed by atoms with Gasteiger partial charge in [0.05, 0.1) is 10.4 Å². The molecule has 0 radical (unpaired) electrons. The van der Waals surface area contributed by atoms with Gasteiger partial charge in [0.2, 0.25) is 0 Å². The van der Waals surface area contributed by atoms with Crippen LogP contribution in [-0.4, -0.2) is 0 Å². The van der Waals surface area contributed by atoms with E-state index in [1.54, 1.807) is 10.3 Å². The summed E-state index contributed by atoms with van der Waals surface area (Å²) in [7, 11) is 2.87. The third-order valence-electron chi connectivity index (χ3n) is 3.01. The SMILES string of the molecule is Cc1ccc(-c2c(-c3ccccc3)ssc2=O)cc1. The average molecular weight is 284 g/mol. The molecule has 0 amide bonds. The molecule has 3 heteroatoms. The number of benzene rings is 2. The highest BCUT2D eigenvalue weighted by atomic mass is 32.9. The fraction of sp³-hybridized carbons (Fsp3) is 0.0625. The Bertz CT molecular complexity index is 736. The van der Waals surface area contributed by atoms with Crippen molar-refractivity contribution in [3.05, 3.63) is 69.7 Å². The first-order chi connectivity index (χ1) is 9.25. The van der Waals surface area contributed by atoms with Crippen molar-refractivity contribution in [1.82, 2.24) is 0 Å². The summed E-state index contributed by atoms with van der Waals surface area (Å²) in [6.07, 6.45) is 0. The second-order valence-corrected chi connectivity index (χ2v) is 6.50. The molecule has 1 aromatic heterocycles. The van der Waals surface area contributed by atoms with Gasteiger partial charge in [0.1, 0.15) is 0 Å². The lowest BCUT2D eigenvalue weighted by atomic mass is 10.0. The molecule has 0 aliphatic carbocycles. The molecular formula is C16H12OS2. The third-order valence-corrected chi connectivity index (χ3v) is 5.26. The van der Waals surface area contributed by atoms with Crippen molar-refractivity contribution >= 4 is 20.7 Å². The van der Waals surface area contributed by atoms with Gasteiger partial charge in [-0.25, -0.2) is 0 Å². The van der Waals surface area contributed by atoms with E-state index in [1.165, 1.54) is 15.9 Å². The molecule has 0 atom stereocenters. The molecule has 1 nitrogen and oxygen atoms in total. The van der Waals surface area contributed by atoms with Gasteiger partial charge >= 0.3 is 0 Å². The Morgan fingerprint density at radius 3 is 2.16 bits per heavy atom. The molecule has 3 rings (SSSR count). The van der Waals surface area contributed by atoms with E-state index in [0.717, 1.165) is 21.6 Å². The predicted octanol–water partition coefficient (Wildman–Crippen LogP) is 4.81. The predicted molar refractivity (Wildman–Crippen MR) is 84.1 cm³/mol. The molecule has 0 aliphatic heterocycles. The van der Waals surface area contributed by atoms with Crippen LogP contribution in [0.3, 0.4) is 0 Å². The smallest absolute Gasteiger partial charge is 0.251 e.